The predicted octanol–water partition coefficient (Wildman–Crippen LogP) is 1.75. The Bertz CT molecular complexity index is 408. The van der Waals surface area contributed by atoms with E-state index in [2.05, 4.69) is 11.0 Å². The molecule has 1 fully saturated rings. The Kier molecular flexibility index (Phi) is 5.36. The van der Waals surface area contributed by atoms with Gasteiger partial charge in [0.15, 0.2) is 11.5 Å². The molecule has 1 aromatic carbocycles. The number of nitrogens with zero attached hydrogens (tertiary/aromatic N) is 1. The summed E-state index contributed by atoms with van der Waals surface area (Å²) in [6, 6.07) is 6.34. The van der Waals surface area contributed by atoms with Crippen molar-refractivity contribution in [2.45, 2.75) is 6.04 Å². The molecule has 106 valence electrons. The lowest BCUT2D eigenvalue weighted by Crippen LogP contribution is -2.39. The fourth-order valence-corrected chi connectivity index (χ4v) is 3.38. The minimum Gasteiger partial charge on any atom is -0.493 e. The van der Waals surface area contributed by atoms with Crippen LogP contribution >= 0.6 is 11.8 Å². The van der Waals surface area contributed by atoms with E-state index in [9.17, 15) is 0 Å². The molecule has 0 bridgehead atoms. The molecule has 1 unspecified atom stereocenters. The van der Waals surface area contributed by atoms with Crippen molar-refractivity contribution in [1.29, 1.82) is 0 Å². The van der Waals surface area contributed by atoms with Crippen molar-refractivity contribution >= 4 is 11.8 Å². The van der Waals surface area contributed by atoms with Crippen molar-refractivity contribution < 1.29 is 9.47 Å². The molecular weight excluding hydrogens is 260 g/mol. The van der Waals surface area contributed by atoms with Crippen molar-refractivity contribution in [2.75, 3.05) is 45.4 Å². The van der Waals surface area contributed by atoms with Crippen LogP contribution in [0.25, 0.3) is 0 Å². The summed E-state index contributed by atoms with van der Waals surface area (Å²) < 4.78 is 10.6. The molecule has 2 N–H and O–H groups in total. The van der Waals surface area contributed by atoms with Gasteiger partial charge in [0.2, 0.25) is 0 Å². The maximum atomic E-state index is 5.98. The van der Waals surface area contributed by atoms with Crippen molar-refractivity contribution in [2.24, 2.45) is 5.73 Å². The monoisotopic (exact) mass is 282 g/mol. The first-order chi connectivity index (χ1) is 9.30. The van der Waals surface area contributed by atoms with Crippen LogP contribution in [0, 0.1) is 0 Å². The second-order valence-electron chi connectivity index (χ2n) is 4.51. The summed E-state index contributed by atoms with van der Waals surface area (Å²) in [4.78, 5) is 2.46. The van der Waals surface area contributed by atoms with Crippen LogP contribution < -0.4 is 15.2 Å². The van der Waals surface area contributed by atoms with Crippen LogP contribution in [0.2, 0.25) is 0 Å². The van der Waals surface area contributed by atoms with Gasteiger partial charge < -0.3 is 15.2 Å². The van der Waals surface area contributed by atoms with Gasteiger partial charge in [-0.2, -0.15) is 11.8 Å². The van der Waals surface area contributed by atoms with E-state index in [1.807, 2.05) is 23.9 Å². The molecule has 1 atom stereocenters. The summed E-state index contributed by atoms with van der Waals surface area (Å²) in [6.07, 6.45) is 0. The maximum absolute atomic E-state index is 5.98. The number of benzene rings is 1. The van der Waals surface area contributed by atoms with Gasteiger partial charge in [0.1, 0.15) is 0 Å². The number of hydrogen-bond donors (Lipinski definition) is 1. The third kappa shape index (κ3) is 3.35. The molecule has 0 amide bonds. The molecular formula is C14H22N2O2S. The largest absolute Gasteiger partial charge is 0.493 e. The van der Waals surface area contributed by atoms with Gasteiger partial charge in [-0.1, -0.05) is 6.07 Å². The van der Waals surface area contributed by atoms with Crippen LogP contribution in [0.4, 0.5) is 0 Å². The first-order valence-corrected chi connectivity index (χ1v) is 7.69. The van der Waals surface area contributed by atoms with E-state index in [0.29, 0.717) is 6.54 Å². The fraction of sp³-hybridized carbons (Fsp3) is 0.571. The predicted molar refractivity (Wildman–Crippen MR) is 80.2 cm³/mol. The molecule has 1 aliphatic rings. The number of rotatable bonds is 5. The topological polar surface area (TPSA) is 47.7 Å². The van der Waals surface area contributed by atoms with Crippen LogP contribution in [-0.2, 0) is 0 Å². The fourth-order valence-electron chi connectivity index (χ4n) is 2.45. The molecule has 0 saturated carbocycles. The van der Waals surface area contributed by atoms with Gasteiger partial charge in [-0.05, 0) is 17.7 Å². The Hall–Kier alpha value is -0.910. The normalized spacial score (nSPS) is 18.1. The lowest BCUT2D eigenvalue weighted by molar-refractivity contribution is 0.222. The first-order valence-electron chi connectivity index (χ1n) is 6.54. The summed E-state index contributed by atoms with van der Waals surface area (Å²) in [6.45, 7) is 2.82. The summed E-state index contributed by atoms with van der Waals surface area (Å²) in [5, 5.41) is 0. The molecule has 2 rings (SSSR count). The Morgan fingerprint density at radius 3 is 2.47 bits per heavy atom. The molecule has 1 aliphatic heterocycles. The number of ether oxygens (including phenoxy) is 2. The Balaban J connectivity index is 2.22. The molecule has 0 aliphatic carbocycles. The van der Waals surface area contributed by atoms with Gasteiger partial charge in [-0.15, -0.1) is 0 Å². The van der Waals surface area contributed by atoms with Gasteiger partial charge in [0, 0.05) is 37.2 Å². The molecule has 0 spiro atoms. The summed E-state index contributed by atoms with van der Waals surface area (Å²) in [5.74, 6) is 3.90. The molecule has 4 nitrogen and oxygen atoms in total. The van der Waals surface area contributed by atoms with Crippen molar-refractivity contribution in [3.05, 3.63) is 23.8 Å². The Labute approximate surface area is 119 Å². The van der Waals surface area contributed by atoms with Crippen molar-refractivity contribution in [3.8, 4) is 11.5 Å². The molecule has 0 aromatic heterocycles. The zero-order chi connectivity index (χ0) is 13.7. The number of nitrogens with two attached hydrogens (primary N) is 1. The standard InChI is InChI=1S/C14H22N2O2S/c1-17-13-4-3-11(9-14(13)18-2)12(10-15)16-5-7-19-8-6-16/h3-4,9,12H,5-8,10,15H2,1-2H3. The zero-order valence-corrected chi connectivity index (χ0v) is 12.4. The molecule has 1 aromatic rings. The third-order valence-electron chi connectivity index (χ3n) is 3.50. The minimum absolute atomic E-state index is 0.265. The Morgan fingerprint density at radius 1 is 1.21 bits per heavy atom. The highest BCUT2D eigenvalue weighted by Crippen LogP contribution is 2.32. The molecule has 0 radical (unpaired) electrons. The van der Waals surface area contributed by atoms with Crippen LogP contribution in [-0.4, -0.2) is 50.3 Å². The van der Waals surface area contributed by atoms with Crippen LogP contribution in [0.3, 0.4) is 0 Å². The average molecular weight is 282 g/mol. The van der Waals surface area contributed by atoms with E-state index < -0.39 is 0 Å². The van der Waals surface area contributed by atoms with Gasteiger partial charge >= 0.3 is 0 Å². The van der Waals surface area contributed by atoms with Gasteiger partial charge in [-0.3, -0.25) is 4.90 Å². The SMILES string of the molecule is COc1ccc(C(CN)N2CCSCC2)cc1OC. The number of hydrogen-bond acceptors (Lipinski definition) is 5. The highest BCUT2D eigenvalue weighted by atomic mass is 32.2. The Morgan fingerprint density at radius 2 is 1.89 bits per heavy atom. The number of thioether (sulfide) groups is 1. The average Bonchev–Trinajstić information content (AvgIpc) is 2.49. The van der Waals surface area contributed by atoms with Gasteiger partial charge in [0.05, 0.1) is 14.2 Å². The quantitative estimate of drug-likeness (QED) is 0.891. The zero-order valence-electron chi connectivity index (χ0n) is 11.6. The first kappa shape index (κ1) is 14.5. The van der Waals surface area contributed by atoms with E-state index in [-0.39, 0.29) is 6.04 Å². The number of methoxy groups -OCH3 is 2. The molecule has 5 heteroatoms. The summed E-state index contributed by atoms with van der Waals surface area (Å²) >= 11 is 2.01. The smallest absolute Gasteiger partial charge is 0.161 e. The lowest BCUT2D eigenvalue weighted by atomic mass is 10.0. The molecule has 1 saturated heterocycles. The van der Waals surface area contributed by atoms with Crippen molar-refractivity contribution in [1.82, 2.24) is 4.90 Å². The van der Waals surface area contributed by atoms with Crippen LogP contribution in [0.5, 0.6) is 11.5 Å². The van der Waals surface area contributed by atoms with E-state index in [1.165, 1.54) is 17.1 Å². The van der Waals surface area contributed by atoms with E-state index >= 15 is 0 Å². The van der Waals surface area contributed by atoms with Crippen LogP contribution in [0.1, 0.15) is 11.6 Å². The lowest BCUT2D eigenvalue weighted by Gasteiger charge is -2.34. The van der Waals surface area contributed by atoms with E-state index in [4.69, 9.17) is 15.2 Å². The third-order valence-corrected chi connectivity index (χ3v) is 4.44. The second kappa shape index (κ2) is 7.03. The maximum Gasteiger partial charge on any atom is 0.161 e. The van der Waals surface area contributed by atoms with E-state index in [0.717, 1.165) is 24.6 Å². The van der Waals surface area contributed by atoms with Gasteiger partial charge in [0.25, 0.3) is 0 Å². The minimum atomic E-state index is 0.265. The highest BCUT2D eigenvalue weighted by molar-refractivity contribution is 7.99. The van der Waals surface area contributed by atoms with E-state index in [1.54, 1.807) is 14.2 Å². The summed E-state index contributed by atoms with van der Waals surface area (Å²) in [7, 11) is 3.32. The molecule has 1 heterocycles. The molecule has 19 heavy (non-hydrogen) atoms. The van der Waals surface area contributed by atoms with Crippen LogP contribution in [0.15, 0.2) is 18.2 Å². The van der Waals surface area contributed by atoms with Crippen molar-refractivity contribution in [3.63, 3.8) is 0 Å². The van der Waals surface area contributed by atoms with Gasteiger partial charge in [-0.25, -0.2) is 0 Å². The summed E-state index contributed by atoms with van der Waals surface area (Å²) in [5.41, 5.74) is 7.18. The highest BCUT2D eigenvalue weighted by Gasteiger charge is 2.22. The second-order valence-corrected chi connectivity index (χ2v) is 5.74.